The van der Waals surface area contributed by atoms with E-state index in [4.69, 9.17) is 5.11 Å². The van der Waals surface area contributed by atoms with E-state index in [1.54, 1.807) is 6.92 Å². The van der Waals surface area contributed by atoms with Crippen LogP contribution in [0.2, 0.25) is 0 Å². The predicted octanol–water partition coefficient (Wildman–Crippen LogP) is 1.62. The van der Waals surface area contributed by atoms with Crippen molar-refractivity contribution in [3.05, 3.63) is 27.4 Å². The van der Waals surface area contributed by atoms with Crippen LogP contribution in [0.5, 0.6) is 0 Å². The van der Waals surface area contributed by atoms with Crippen LogP contribution in [-0.2, 0) is 11.2 Å². The number of H-pyrrole nitrogens is 1. The minimum absolute atomic E-state index is 0.0427. The van der Waals surface area contributed by atoms with Gasteiger partial charge in [0.1, 0.15) is 5.82 Å². The lowest BCUT2D eigenvalue weighted by Crippen LogP contribution is -2.22. The normalized spacial score (nSPS) is 19.3. The van der Waals surface area contributed by atoms with Crippen molar-refractivity contribution in [2.75, 3.05) is 17.3 Å². The number of hydrogen-bond donors (Lipinski definition) is 2. The molecule has 0 bridgehead atoms. The molecule has 1 saturated heterocycles. The van der Waals surface area contributed by atoms with Crippen molar-refractivity contribution in [1.29, 1.82) is 0 Å². The van der Waals surface area contributed by atoms with Crippen molar-refractivity contribution in [1.82, 2.24) is 9.97 Å². The second kappa shape index (κ2) is 6.47. The van der Waals surface area contributed by atoms with Gasteiger partial charge in [-0.15, -0.1) is 11.8 Å². The van der Waals surface area contributed by atoms with Crippen molar-refractivity contribution in [2.45, 2.75) is 25.0 Å². The fourth-order valence-electron chi connectivity index (χ4n) is 1.96. The number of carbonyl (C=O) groups is 1. The van der Waals surface area contributed by atoms with Gasteiger partial charge in [0, 0.05) is 34.9 Å². The molecule has 1 aliphatic rings. The maximum Gasteiger partial charge on any atom is 0.303 e. The van der Waals surface area contributed by atoms with E-state index in [0.717, 1.165) is 23.1 Å². The van der Waals surface area contributed by atoms with Crippen LogP contribution >= 0.6 is 23.5 Å². The molecular weight excluding hydrogens is 284 g/mol. The van der Waals surface area contributed by atoms with E-state index in [-0.39, 0.29) is 23.7 Å². The van der Waals surface area contributed by atoms with Crippen LogP contribution in [0.1, 0.15) is 28.8 Å². The molecule has 0 radical (unpaired) electrons. The van der Waals surface area contributed by atoms with Gasteiger partial charge in [0.2, 0.25) is 0 Å². The molecular formula is C12H16N2O3S2. The molecule has 0 spiro atoms. The smallest absolute Gasteiger partial charge is 0.303 e. The van der Waals surface area contributed by atoms with Gasteiger partial charge in [-0.2, -0.15) is 11.8 Å². The summed E-state index contributed by atoms with van der Waals surface area (Å²) in [5.74, 6) is 2.99. The van der Waals surface area contributed by atoms with Crippen LogP contribution in [0, 0.1) is 6.92 Å². The molecule has 1 atom stereocenters. The molecule has 0 saturated carbocycles. The summed E-state index contributed by atoms with van der Waals surface area (Å²) in [5.41, 5.74) is 0.940. The molecule has 2 N–H and O–H groups in total. The first kappa shape index (κ1) is 14.5. The standard InChI is InChI=1S/C12H16N2O3S2/c1-7-8(2-3-10(15)16)12(17)14-11(13-7)9-6-18-4-5-19-9/h9H,2-6H2,1H3,(H,15,16)(H,13,14,17). The molecule has 104 valence electrons. The quantitative estimate of drug-likeness (QED) is 0.879. The summed E-state index contributed by atoms with van der Waals surface area (Å²) >= 11 is 3.68. The molecule has 2 heterocycles. The van der Waals surface area contributed by atoms with Crippen LogP contribution in [0.25, 0.3) is 0 Å². The Balaban J connectivity index is 2.20. The topological polar surface area (TPSA) is 83.0 Å². The molecule has 5 nitrogen and oxygen atoms in total. The number of rotatable bonds is 4. The number of carboxylic acid groups (broad SMARTS) is 1. The van der Waals surface area contributed by atoms with E-state index >= 15 is 0 Å². The fourth-order valence-corrected chi connectivity index (χ4v) is 4.58. The largest absolute Gasteiger partial charge is 0.481 e. The zero-order valence-electron chi connectivity index (χ0n) is 10.6. The monoisotopic (exact) mass is 300 g/mol. The van der Waals surface area contributed by atoms with Crippen molar-refractivity contribution in [2.24, 2.45) is 0 Å². The lowest BCUT2D eigenvalue weighted by Gasteiger charge is -2.20. The van der Waals surface area contributed by atoms with Crippen LogP contribution in [0.15, 0.2) is 4.79 Å². The van der Waals surface area contributed by atoms with Gasteiger partial charge in [0.05, 0.1) is 5.25 Å². The summed E-state index contributed by atoms with van der Waals surface area (Å²) in [6.07, 6.45) is 0.190. The Morgan fingerprint density at radius 3 is 2.89 bits per heavy atom. The molecule has 1 aromatic rings. The van der Waals surface area contributed by atoms with Gasteiger partial charge in [0.15, 0.2) is 0 Å². The van der Waals surface area contributed by atoms with Crippen molar-refractivity contribution >= 4 is 29.5 Å². The molecule has 2 rings (SSSR count). The molecule has 0 aromatic carbocycles. The highest BCUT2D eigenvalue weighted by atomic mass is 32.2. The molecule has 19 heavy (non-hydrogen) atoms. The number of hydrogen-bond acceptors (Lipinski definition) is 5. The third-order valence-electron chi connectivity index (χ3n) is 2.95. The zero-order valence-corrected chi connectivity index (χ0v) is 12.3. The summed E-state index contributed by atoms with van der Waals surface area (Å²) in [4.78, 5) is 29.9. The van der Waals surface area contributed by atoms with Crippen LogP contribution in [0.4, 0.5) is 0 Å². The lowest BCUT2D eigenvalue weighted by atomic mass is 10.1. The lowest BCUT2D eigenvalue weighted by molar-refractivity contribution is -0.136. The Hall–Kier alpha value is -0.950. The fraction of sp³-hybridized carbons (Fsp3) is 0.583. The summed E-state index contributed by atoms with van der Waals surface area (Å²) in [6.45, 7) is 1.77. The molecule has 0 amide bonds. The number of aliphatic carboxylic acids is 1. The molecule has 0 aliphatic carbocycles. The number of aromatic nitrogens is 2. The third kappa shape index (κ3) is 3.76. The highest BCUT2D eigenvalue weighted by molar-refractivity contribution is 8.06. The molecule has 1 unspecified atom stereocenters. The van der Waals surface area contributed by atoms with Crippen molar-refractivity contribution in [3.8, 4) is 0 Å². The maximum absolute atomic E-state index is 12.0. The first-order chi connectivity index (χ1) is 9.08. The van der Waals surface area contributed by atoms with Gasteiger partial charge in [-0.05, 0) is 13.3 Å². The summed E-state index contributed by atoms with van der Waals surface area (Å²) in [6, 6.07) is 0. The molecule has 1 fully saturated rings. The first-order valence-corrected chi connectivity index (χ1v) is 8.29. The van der Waals surface area contributed by atoms with E-state index in [2.05, 4.69) is 9.97 Å². The SMILES string of the molecule is Cc1nc(C2CSCCS2)[nH]c(=O)c1CCC(=O)O. The Morgan fingerprint density at radius 1 is 1.53 bits per heavy atom. The number of nitrogens with zero attached hydrogens (tertiary/aromatic N) is 1. The Kier molecular flexibility index (Phi) is 4.93. The van der Waals surface area contributed by atoms with Gasteiger partial charge in [-0.3, -0.25) is 9.59 Å². The zero-order chi connectivity index (χ0) is 13.8. The molecule has 1 aromatic heterocycles. The van der Waals surface area contributed by atoms with Gasteiger partial charge >= 0.3 is 5.97 Å². The maximum atomic E-state index is 12.0. The minimum Gasteiger partial charge on any atom is -0.481 e. The van der Waals surface area contributed by atoms with E-state index in [1.165, 1.54) is 0 Å². The van der Waals surface area contributed by atoms with E-state index in [0.29, 0.717) is 11.3 Å². The average molecular weight is 300 g/mol. The summed E-state index contributed by atoms with van der Waals surface area (Å²) in [7, 11) is 0. The van der Waals surface area contributed by atoms with Crippen molar-refractivity contribution in [3.63, 3.8) is 0 Å². The third-order valence-corrected chi connectivity index (χ3v) is 5.71. The number of aryl methyl sites for hydroxylation is 1. The van der Waals surface area contributed by atoms with Gasteiger partial charge in [0.25, 0.3) is 5.56 Å². The number of carboxylic acids is 1. The van der Waals surface area contributed by atoms with Gasteiger partial charge in [-0.1, -0.05) is 0 Å². The molecule has 7 heteroatoms. The average Bonchev–Trinajstić information content (AvgIpc) is 2.38. The highest BCUT2D eigenvalue weighted by Crippen LogP contribution is 2.34. The van der Waals surface area contributed by atoms with Crippen LogP contribution in [-0.4, -0.2) is 38.3 Å². The minimum atomic E-state index is -0.901. The summed E-state index contributed by atoms with van der Waals surface area (Å²) in [5, 5.41) is 8.91. The van der Waals surface area contributed by atoms with E-state index < -0.39 is 5.97 Å². The first-order valence-electron chi connectivity index (χ1n) is 6.08. The van der Waals surface area contributed by atoms with Crippen LogP contribution in [0.3, 0.4) is 0 Å². The second-order valence-electron chi connectivity index (χ2n) is 4.34. The Morgan fingerprint density at radius 2 is 2.32 bits per heavy atom. The number of nitrogens with one attached hydrogen (secondary N) is 1. The Labute approximate surface area is 119 Å². The number of aromatic amines is 1. The molecule has 1 aliphatic heterocycles. The number of thioether (sulfide) groups is 2. The summed E-state index contributed by atoms with van der Waals surface area (Å²) < 4.78 is 0. The van der Waals surface area contributed by atoms with Gasteiger partial charge in [-0.25, -0.2) is 4.98 Å². The van der Waals surface area contributed by atoms with Crippen LogP contribution < -0.4 is 5.56 Å². The van der Waals surface area contributed by atoms with Gasteiger partial charge < -0.3 is 10.1 Å². The highest BCUT2D eigenvalue weighted by Gasteiger charge is 2.20. The Bertz CT molecular complexity index is 524. The second-order valence-corrected chi connectivity index (χ2v) is 6.80. The van der Waals surface area contributed by atoms with E-state index in [9.17, 15) is 9.59 Å². The predicted molar refractivity (Wildman–Crippen MR) is 78.1 cm³/mol. The van der Waals surface area contributed by atoms with Crippen molar-refractivity contribution < 1.29 is 9.90 Å². The van der Waals surface area contributed by atoms with E-state index in [1.807, 2.05) is 23.5 Å².